The van der Waals surface area contributed by atoms with Crippen LogP contribution in [-0.4, -0.2) is 20.1 Å². The van der Waals surface area contributed by atoms with Gasteiger partial charge < -0.3 is 9.29 Å². The topological polar surface area (TPSA) is 75.7 Å². The van der Waals surface area contributed by atoms with Crippen LogP contribution >= 0.6 is 12.0 Å². The molecule has 8 heteroatoms. The van der Waals surface area contributed by atoms with Crippen molar-refractivity contribution in [2.24, 2.45) is 0 Å². The molecule has 0 amide bonds. The minimum absolute atomic E-state index is 0. The van der Waals surface area contributed by atoms with Gasteiger partial charge in [0.2, 0.25) is 10.4 Å². The summed E-state index contributed by atoms with van der Waals surface area (Å²) >= 11 is 0.476. The van der Waals surface area contributed by atoms with Crippen LogP contribution in [0.4, 0.5) is 0 Å². The second-order valence-electron chi connectivity index (χ2n) is 2.24. The summed E-state index contributed by atoms with van der Waals surface area (Å²) in [6, 6.07) is 6.49. The van der Waals surface area contributed by atoms with E-state index >= 15 is 0 Å². The molecular weight excluding hydrogens is 251 g/mol. The first kappa shape index (κ1) is 15.2. The number of hydrogen-bond acceptors (Lipinski definition) is 6. The smallest absolute Gasteiger partial charge is 0.725 e. The van der Waals surface area contributed by atoms with E-state index in [4.69, 9.17) is 4.74 Å². The summed E-state index contributed by atoms with van der Waals surface area (Å²) in [6.07, 6.45) is 0. The molecule has 0 unspecified atom stereocenters. The second-order valence-corrected chi connectivity index (χ2v) is 4.24. The van der Waals surface area contributed by atoms with Crippen LogP contribution in [0.3, 0.4) is 0 Å². The fourth-order valence-corrected chi connectivity index (χ4v) is 1.68. The number of hydrogen-bond donors (Lipinski definition) is 0. The van der Waals surface area contributed by atoms with Crippen molar-refractivity contribution in [1.82, 2.24) is 0 Å². The molecule has 0 aliphatic carbocycles. The average molecular weight is 258 g/mol. The van der Waals surface area contributed by atoms with Gasteiger partial charge in [0.15, 0.2) is 0 Å². The van der Waals surface area contributed by atoms with Crippen molar-refractivity contribution in [3.8, 4) is 5.75 Å². The van der Waals surface area contributed by atoms with Crippen molar-refractivity contribution in [3.05, 3.63) is 24.3 Å². The van der Waals surface area contributed by atoms with Gasteiger partial charge in [-0.15, -0.1) is 0 Å². The normalized spacial score (nSPS) is 10.5. The molecule has 0 saturated carbocycles. The van der Waals surface area contributed by atoms with E-state index in [0.29, 0.717) is 22.7 Å². The van der Waals surface area contributed by atoms with E-state index in [1.165, 1.54) is 7.11 Å². The Morgan fingerprint density at radius 1 is 1.40 bits per heavy atom. The fraction of sp³-hybridized carbons (Fsp3) is 0.143. The van der Waals surface area contributed by atoms with Gasteiger partial charge in [-0.1, -0.05) is 6.07 Å². The Bertz CT molecular complexity index is 406. The number of ether oxygens (including phenoxy) is 1. The second kappa shape index (κ2) is 6.74. The van der Waals surface area contributed by atoms with Crippen molar-refractivity contribution >= 4 is 22.4 Å². The van der Waals surface area contributed by atoms with Crippen LogP contribution in [0.25, 0.3) is 0 Å². The van der Waals surface area contributed by atoms with Crippen LogP contribution in [-0.2, 0) is 14.0 Å². The first-order chi connectivity index (χ1) is 6.51. The standard InChI is InChI=1S/C7H8O5S2.Na/c1-11-6-3-2-4-7(5-6)13-12-14(8,9)10;/h2-5H,1H3,(H,8,9,10);/q;+1/p-1. The molecule has 0 atom stereocenters. The molecule has 78 valence electrons. The molecule has 1 rings (SSSR count). The zero-order valence-corrected chi connectivity index (χ0v) is 11.8. The molecule has 0 aliphatic heterocycles. The Kier molecular flexibility index (Phi) is 6.85. The van der Waals surface area contributed by atoms with Gasteiger partial charge in [-0.05, 0) is 18.2 Å². The van der Waals surface area contributed by atoms with E-state index in [2.05, 4.69) is 3.63 Å². The van der Waals surface area contributed by atoms with Crippen molar-refractivity contribution in [2.75, 3.05) is 7.11 Å². The number of benzene rings is 1. The van der Waals surface area contributed by atoms with Crippen LogP contribution in [0.1, 0.15) is 0 Å². The van der Waals surface area contributed by atoms with Crippen molar-refractivity contribution in [3.63, 3.8) is 0 Å². The van der Waals surface area contributed by atoms with Crippen molar-refractivity contribution in [1.29, 1.82) is 0 Å². The van der Waals surface area contributed by atoms with Gasteiger partial charge in [0.25, 0.3) is 0 Å². The van der Waals surface area contributed by atoms with Crippen LogP contribution in [0, 0.1) is 0 Å². The van der Waals surface area contributed by atoms with E-state index in [-0.39, 0.29) is 29.6 Å². The maximum atomic E-state index is 10.1. The summed E-state index contributed by atoms with van der Waals surface area (Å²) < 4.78 is 39.3. The summed E-state index contributed by atoms with van der Waals surface area (Å²) in [4.78, 5) is 0.476. The summed E-state index contributed by atoms with van der Waals surface area (Å²) in [5.74, 6) is 0.557. The van der Waals surface area contributed by atoms with E-state index in [9.17, 15) is 13.0 Å². The minimum Gasteiger partial charge on any atom is -0.725 e. The maximum absolute atomic E-state index is 10.1. The van der Waals surface area contributed by atoms with Crippen LogP contribution < -0.4 is 34.3 Å². The molecule has 0 aliphatic rings. The molecule has 1 aromatic carbocycles. The van der Waals surface area contributed by atoms with Gasteiger partial charge in [0.05, 0.1) is 7.11 Å². The quantitative estimate of drug-likeness (QED) is 0.274. The third-order valence-electron chi connectivity index (χ3n) is 1.25. The van der Waals surface area contributed by atoms with Crippen molar-refractivity contribution < 1.29 is 50.9 Å². The molecule has 0 spiro atoms. The van der Waals surface area contributed by atoms with Gasteiger partial charge in [0.1, 0.15) is 5.75 Å². The van der Waals surface area contributed by atoms with E-state index in [0.717, 1.165) is 0 Å². The van der Waals surface area contributed by atoms with E-state index in [1.54, 1.807) is 24.3 Å². The van der Waals surface area contributed by atoms with Crippen molar-refractivity contribution in [2.45, 2.75) is 4.90 Å². The van der Waals surface area contributed by atoms with Crippen LogP contribution in [0.15, 0.2) is 29.2 Å². The molecular formula is C7H7NaO5S2. The Labute approximate surface area is 115 Å². The molecule has 15 heavy (non-hydrogen) atoms. The Morgan fingerprint density at radius 3 is 2.60 bits per heavy atom. The Morgan fingerprint density at radius 2 is 2.07 bits per heavy atom. The number of rotatable bonds is 4. The summed E-state index contributed by atoms with van der Waals surface area (Å²) in [5, 5.41) is 0. The molecule has 1 aromatic rings. The monoisotopic (exact) mass is 258 g/mol. The molecule has 0 saturated heterocycles. The molecule has 0 radical (unpaired) electrons. The largest absolute Gasteiger partial charge is 1.00 e. The Hall–Kier alpha value is 0.240. The summed E-state index contributed by atoms with van der Waals surface area (Å²) in [7, 11) is -3.19. The first-order valence-corrected chi connectivity index (χ1v) is 5.55. The van der Waals surface area contributed by atoms with Crippen LogP contribution in [0.2, 0.25) is 0 Å². The van der Waals surface area contributed by atoms with Gasteiger partial charge in [0, 0.05) is 16.9 Å². The van der Waals surface area contributed by atoms with Gasteiger partial charge >= 0.3 is 29.6 Å². The van der Waals surface area contributed by atoms with E-state index in [1.807, 2.05) is 0 Å². The number of methoxy groups -OCH3 is 1. The molecule has 0 N–H and O–H groups in total. The zero-order chi connectivity index (χ0) is 10.6. The minimum atomic E-state index is -4.67. The third-order valence-corrected chi connectivity index (χ3v) is 2.64. The predicted molar refractivity (Wildman–Crippen MR) is 49.6 cm³/mol. The summed E-state index contributed by atoms with van der Waals surface area (Å²) in [5.41, 5.74) is 0. The third kappa shape index (κ3) is 6.41. The fourth-order valence-electron chi connectivity index (χ4n) is 0.734. The van der Waals surface area contributed by atoms with Crippen LogP contribution in [0.5, 0.6) is 5.75 Å². The SMILES string of the molecule is COc1cccc(SOS(=O)(=O)[O-])c1.[Na+]. The van der Waals surface area contributed by atoms with E-state index < -0.39 is 10.4 Å². The molecule has 5 nitrogen and oxygen atoms in total. The maximum Gasteiger partial charge on any atom is 1.00 e. The van der Waals surface area contributed by atoms with Gasteiger partial charge in [-0.3, -0.25) is 0 Å². The first-order valence-electron chi connectivity index (χ1n) is 3.47. The average Bonchev–Trinajstić information content (AvgIpc) is 2.14. The predicted octanol–water partition coefficient (Wildman–Crippen LogP) is -1.82. The van der Waals surface area contributed by atoms with Gasteiger partial charge in [-0.25, -0.2) is 12.0 Å². The molecule has 0 heterocycles. The molecule has 0 aromatic heterocycles. The summed E-state index contributed by atoms with van der Waals surface area (Å²) in [6.45, 7) is 0. The zero-order valence-electron chi connectivity index (χ0n) is 8.17. The van der Waals surface area contributed by atoms with Gasteiger partial charge in [-0.2, -0.15) is 0 Å². The molecule has 0 bridgehead atoms. The Balaban J connectivity index is 0.00000196. The molecule has 0 fully saturated rings.